The van der Waals surface area contributed by atoms with Gasteiger partial charge < -0.3 is 25.7 Å². The number of Topliss-reactive ketones (excluding diaryl/α,β-unsaturated/α-hetero) is 1. The number of hydrogen-bond acceptors (Lipinski definition) is 7. The van der Waals surface area contributed by atoms with Gasteiger partial charge in [0.1, 0.15) is 0 Å². The molecule has 1 rings (SSSR count). The maximum atomic E-state index is 11.9. The average molecular weight is 351 g/mol. The third kappa shape index (κ3) is 6.57. The second kappa shape index (κ2) is 9.51. The Balaban J connectivity index is 0.00000484. The van der Waals surface area contributed by atoms with Crippen molar-refractivity contribution < 1.29 is 58.6 Å². The van der Waals surface area contributed by atoms with Gasteiger partial charge in [0, 0.05) is 23.2 Å². The Hall–Kier alpha value is -1.61. The molecular formula is C13H12ClN2NaO6. The summed E-state index contributed by atoms with van der Waals surface area (Å²) in [6.45, 7) is 0.258. The minimum Gasteiger partial charge on any atom is -0.547 e. The summed E-state index contributed by atoms with van der Waals surface area (Å²) >= 11 is 5.72. The third-order valence-corrected chi connectivity index (χ3v) is 2.72. The number of nitrogens with two attached hydrogens (primary N) is 1. The normalized spacial score (nSPS) is 10.9. The zero-order chi connectivity index (χ0) is 16.9. The number of nitrogen functional groups attached to an aromatic ring is 1. The molecule has 118 valence electrons. The molecular weight excluding hydrogens is 339 g/mol. The van der Waals surface area contributed by atoms with Crippen molar-refractivity contribution >= 4 is 40.9 Å². The summed E-state index contributed by atoms with van der Waals surface area (Å²) in [7, 11) is 0. The summed E-state index contributed by atoms with van der Waals surface area (Å²) in [5.41, 5.74) is 5.75. The number of anilines is 1. The van der Waals surface area contributed by atoms with E-state index in [0.29, 0.717) is 0 Å². The Kier molecular flexibility index (Phi) is 8.85. The van der Waals surface area contributed by atoms with E-state index < -0.39 is 36.3 Å². The van der Waals surface area contributed by atoms with Crippen molar-refractivity contribution in [2.75, 3.05) is 12.3 Å². The number of ether oxygens (including phenoxy) is 1. The number of benzene rings is 1. The van der Waals surface area contributed by atoms with Crippen LogP contribution in [0.1, 0.15) is 17.3 Å². The summed E-state index contributed by atoms with van der Waals surface area (Å²) < 4.78 is 4.55. The Labute approximate surface area is 158 Å². The smallest absolute Gasteiger partial charge is 0.547 e. The fraction of sp³-hybridized carbons (Fsp3) is 0.231. The summed E-state index contributed by atoms with van der Waals surface area (Å²) in [5, 5.41) is 12.8. The molecule has 1 aromatic rings. The number of ketones is 1. The molecule has 1 aromatic carbocycles. The first kappa shape index (κ1) is 21.4. The van der Waals surface area contributed by atoms with E-state index in [1.807, 2.05) is 5.32 Å². The van der Waals surface area contributed by atoms with Crippen LogP contribution in [0.15, 0.2) is 18.2 Å². The molecule has 1 amide bonds. The zero-order valence-electron chi connectivity index (χ0n) is 12.4. The molecule has 0 aliphatic carbocycles. The van der Waals surface area contributed by atoms with Crippen LogP contribution >= 0.6 is 11.6 Å². The molecule has 23 heavy (non-hydrogen) atoms. The molecule has 0 saturated heterocycles. The van der Waals surface area contributed by atoms with Crippen molar-refractivity contribution in [2.45, 2.75) is 13.0 Å². The number of amides is 1. The first-order valence-electron chi connectivity index (χ1n) is 5.95. The number of carboxylic acid groups (broad SMARTS) is 1. The standard InChI is InChI=1S/C13H13ClN2O6.Na/c1-6(17)16-11(12(19)20)13(21)22-5-10(18)8-4-7(14)2-3-9(8)15;/h2-4,11H,5,15H2,1H3,(H,16,17)(H,19,20);/q;+1/p-1. The van der Waals surface area contributed by atoms with Crippen molar-refractivity contribution in [1.82, 2.24) is 5.32 Å². The molecule has 3 N–H and O–H groups in total. The van der Waals surface area contributed by atoms with Gasteiger partial charge in [0.15, 0.2) is 12.6 Å². The van der Waals surface area contributed by atoms with Gasteiger partial charge in [0.25, 0.3) is 0 Å². The quantitative estimate of drug-likeness (QED) is 0.175. The van der Waals surface area contributed by atoms with Gasteiger partial charge in [-0.05, 0) is 18.2 Å². The molecule has 10 heteroatoms. The van der Waals surface area contributed by atoms with Crippen molar-refractivity contribution in [3.05, 3.63) is 28.8 Å². The summed E-state index contributed by atoms with van der Waals surface area (Å²) in [5.74, 6) is -4.62. The average Bonchev–Trinajstić information content (AvgIpc) is 2.43. The van der Waals surface area contributed by atoms with Gasteiger partial charge in [-0.3, -0.25) is 9.59 Å². The number of rotatable bonds is 6. The van der Waals surface area contributed by atoms with Gasteiger partial charge in [-0.25, -0.2) is 4.79 Å². The molecule has 0 heterocycles. The van der Waals surface area contributed by atoms with Gasteiger partial charge in [-0.15, -0.1) is 0 Å². The maximum Gasteiger partial charge on any atom is 1.00 e. The van der Waals surface area contributed by atoms with E-state index in [9.17, 15) is 24.3 Å². The second-order valence-corrected chi connectivity index (χ2v) is 4.65. The Morgan fingerprint density at radius 2 is 1.96 bits per heavy atom. The number of carbonyl (C=O) groups excluding carboxylic acids is 4. The van der Waals surface area contributed by atoms with Crippen LogP contribution in [-0.4, -0.2) is 36.3 Å². The van der Waals surface area contributed by atoms with Crippen LogP contribution < -0.4 is 45.7 Å². The molecule has 0 radical (unpaired) electrons. The SMILES string of the molecule is CC(=O)NC(C(=O)[O-])C(=O)OCC(=O)c1cc(Cl)ccc1N.[Na+]. The van der Waals surface area contributed by atoms with Crippen LogP contribution in [0.4, 0.5) is 5.69 Å². The van der Waals surface area contributed by atoms with E-state index >= 15 is 0 Å². The molecule has 0 spiro atoms. The van der Waals surface area contributed by atoms with Gasteiger partial charge in [-0.2, -0.15) is 0 Å². The fourth-order valence-electron chi connectivity index (χ4n) is 1.49. The Morgan fingerprint density at radius 3 is 2.48 bits per heavy atom. The van der Waals surface area contributed by atoms with Gasteiger partial charge in [-0.1, -0.05) is 11.6 Å². The van der Waals surface area contributed by atoms with Crippen molar-refractivity contribution in [3.63, 3.8) is 0 Å². The van der Waals surface area contributed by atoms with Gasteiger partial charge in [0.05, 0.1) is 5.97 Å². The molecule has 0 saturated carbocycles. The number of carboxylic acids is 1. The van der Waals surface area contributed by atoms with Crippen LogP contribution in [0, 0.1) is 0 Å². The van der Waals surface area contributed by atoms with Crippen molar-refractivity contribution in [3.8, 4) is 0 Å². The third-order valence-electron chi connectivity index (χ3n) is 2.48. The topological polar surface area (TPSA) is 139 Å². The summed E-state index contributed by atoms with van der Waals surface area (Å²) in [6, 6.07) is 2.17. The van der Waals surface area contributed by atoms with Crippen molar-refractivity contribution in [2.24, 2.45) is 0 Å². The Morgan fingerprint density at radius 1 is 1.35 bits per heavy atom. The first-order valence-corrected chi connectivity index (χ1v) is 6.33. The van der Waals surface area contributed by atoms with Crippen LogP contribution in [0.3, 0.4) is 0 Å². The zero-order valence-corrected chi connectivity index (χ0v) is 15.2. The van der Waals surface area contributed by atoms with Gasteiger partial charge in [0.2, 0.25) is 11.7 Å². The number of hydrogen-bond donors (Lipinski definition) is 2. The van der Waals surface area contributed by atoms with E-state index in [1.165, 1.54) is 18.2 Å². The van der Waals surface area contributed by atoms with Crippen LogP contribution in [0.25, 0.3) is 0 Å². The minimum absolute atomic E-state index is 0. The molecule has 0 fully saturated rings. The van der Waals surface area contributed by atoms with E-state index in [0.717, 1.165) is 6.92 Å². The molecule has 1 atom stereocenters. The molecule has 1 unspecified atom stereocenters. The van der Waals surface area contributed by atoms with E-state index in [2.05, 4.69) is 4.74 Å². The number of aliphatic carboxylic acids is 1. The largest absolute Gasteiger partial charge is 1.00 e. The van der Waals surface area contributed by atoms with Crippen LogP contribution in [0.2, 0.25) is 5.02 Å². The molecule has 0 bridgehead atoms. The summed E-state index contributed by atoms with van der Waals surface area (Å²) in [4.78, 5) is 44.9. The molecule has 0 aromatic heterocycles. The Bertz CT molecular complexity index is 637. The fourth-order valence-corrected chi connectivity index (χ4v) is 1.66. The monoisotopic (exact) mass is 350 g/mol. The molecule has 0 aliphatic heterocycles. The van der Waals surface area contributed by atoms with Crippen molar-refractivity contribution in [1.29, 1.82) is 0 Å². The maximum absolute atomic E-state index is 11.9. The van der Waals surface area contributed by atoms with Crippen LogP contribution in [-0.2, 0) is 19.1 Å². The first-order chi connectivity index (χ1) is 10.2. The molecule has 8 nitrogen and oxygen atoms in total. The van der Waals surface area contributed by atoms with Crippen LogP contribution in [0.5, 0.6) is 0 Å². The predicted octanol–water partition coefficient (Wildman–Crippen LogP) is -4.09. The van der Waals surface area contributed by atoms with E-state index in [4.69, 9.17) is 17.3 Å². The van der Waals surface area contributed by atoms with Gasteiger partial charge >= 0.3 is 35.5 Å². The number of carbonyl (C=O) groups is 4. The van der Waals surface area contributed by atoms with E-state index in [-0.39, 0.29) is 45.8 Å². The second-order valence-electron chi connectivity index (χ2n) is 4.22. The summed E-state index contributed by atoms with van der Waals surface area (Å²) in [6.07, 6.45) is 0. The number of esters is 1. The van der Waals surface area contributed by atoms with E-state index in [1.54, 1.807) is 0 Å². The molecule has 0 aliphatic rings. The predicted molar refractivity (Wildman–Crippen MR) is 73.8 cm³/mol. The number of halogens is 1. The number of nitrogens with one attached hydrogen (secondary N) is 1. The minimum atomic E-state index is -2.00.